The Morgan fingerprint density at radius 1 is 1.17 bits per heavy atom. The number of aryl methyl sites for hydroxylation is 1. The fourth-order valence-electron chi connectivity index (χ4n) is 2.83. The van der Waals surface area contributed by atoms with Gasteiger partial charge in [0.15, 0.2) is 0 Å². The predicted molar refractivity (Wildman–Crippen MR) is 103 cm³/mol. The molecule has 0 bridgehead atoms. The molecule has 0 atom stereocenters. The maximum absolute atomic E-state index is 12.2. The highest BCUT2D eigenvalue weighted by atomic mass is 35.5. The van der Waals surface area contributed by atoms with Gasteiger partial charge in [-0.1, -0.05) is 11.6 Å². The van der Waals surface area contributed by atoms with Crippen LogP contribution in [0.15, 0.2) is 47.4 Å². The van der Waals surface area contributed by atoms with Crippen LogP contribution in [0.4, 0.5) is 11.4 Å². The molecular formula is C19H21ClN2OS. The van der Waals surface area contributed by atoms with Crippen molar-refractivity contribution in [2.45, 2.75) is 24.7 Å². The molecule has 24 heavy (non-hydrogen) atoms. The summed E-state index contributed by atoms with van der Waals surface area (Å²) in [5.41, 5.74) is 3.24. The Labute approximate surface area is 152 Å². The minimum absolute atomic E-state index is 0.00646. The quantitative estimate of drug-likeness (QED) is 0.763. The van der Waals surface area contributed by atoms with Gasteiger partial charge in [-0.3, -0.25) is 4.79 Å². The maximum atomic E-state index is 12.2. The molecule has 1 amide bonds. The minimum Gasteiger partial charge on any atom is -0.372 e. The molecule has 2 aromatic rings. The van der Waals surface area contributed by atoms with E-state index >= 15 is 0 Å². The fraction of sp³-hybridized carbons (Fsp3) is 0.316. The standard InChI is InChI=1S/C19H21ClN2OS/c1-14-12-16(22-10-2-3-11-22)6-9-18(14)21-19(23)13-24-17-7-4-15(20)5-8-17/h4-9,12H,2-3,10-11,13H2,1H3,(H,21,23). The molecule has 0 aromatic heterocycles. The molecule has 1 fully saturated rings. The minimum atomic E-state index is 0.00646. The van der Waals surface area contributed by atoms with Gasteiger partial charge in [0.2, 0.25) is 5.91 Å². The first-order valence-electron chi connectivity index (χ1n) is 8.15. The average Bonchev–Trinajstić information content (AvgIpc) is 3.11. The number of amides is 1. The molecule has 126 valence electrons. The molecule has 0 radical (unpaired) electrons. The summed E-state index contributed by atoms with van der Waals surface area (Å²) in [5.74, 6) is 0.390. The summed E-state index contributed by atoms with van der Waals surface area (Å²) in [4.78, 5) is 15.6. The van der Waals surface area contributed by atoms with Gasteiger partial charge in [0.25, 0.3) is 0 Å². The summed E-state index contributed by atoms with van der Waals surface area (Å²) in [5, 5.41) is 3.71. The molecule has 0 saturated carbocycles. The Bertz CT molecular complexity index is 712. The lowest BCUT2D eigenvalue weighted by Gasteiger charge is -2.19. The van der Waals surface area contributed by atoms with Gasteiger partial charge in [0, 0.05) is 34.4 Å². The number of thioether (sulfide) groups is 1. The van der Waals surface area contributed by atoms with Crippen molar-refractivity contribution in [1.29, 1.82) is 0 Å². The van der Waals surface area contributed by atoms with Gasteiger partial charge in [0.1, 0.15) is 0 Å². The van der Waals surface area contributed by atoms with Crippen LogP contribution >= 0.6 is 23.4 Å². The number of nitrogens with zero attached hydrogens (tertiary/aromatic N) is 1. The summed E-state index contributed by atoms with van der Waals surface area (Å²) >= 11 is 7.37. The van der Waals surface area contributed by atoms with E-state index in [1.54, 1.807) is 0 Å². The zero-order valence-corrected chi connectivity index (χ0v) is 15.3. The van der Waals surface area contributed by atoms with Gasteiger partial charge in [-0.15, -0.1) is 11.8 Å². The van der Waals surface area contributed by atoms with E-state index in [-0.39, 0.29) is 5.91 Å². The van der Waals surface area contributed by atoms with Crippen LogP contribution in [0, 0.1) is 6.92 Å². The lowest BCUT2D eigenvalue weighted by Crippen LogP contribution is -2.18. The van der Waals surface area contributed by atoms with Gasteiger partial charge in [-0.25, -0.2) is 0 Å². The molecule has 1 N–H and O–H groups in total. The number of halogens is 1. The number of anilines is 2. The van der Waals surface area contributed by atoms with Crippen LogP contribution in [-0.4, -0.2) is 24.7 Å². The zero-order valence-electron chi connectivity index (χ0n) is 13.7. The van der Waals surface area contributed by atoms with Crippen molar-refractivity contribution in [3.05, 3.63) is 53.1 Å². The predicted octanol–water partition coefficient (Wildman–Crippen LogP) is 4.98. The smallest absolute Gasteiger partial charge is 0.234 e. The monoisotopic (exact) mass is 360 g/mol. The van der Waals surface area contributed by atoms with Crippen molar-refractivity contribution >= 4 is 40.6 Å². The SMILES string of the molecule is Cc1cc(N2CCCC2)ccc1NC(=O)CSc1ccc(Cl)cc1. The summed E-state index contributed by atoms with van der Waals surface area (Å²) in [6.45, 7) is 4.30. The lowest BCUT2D eigenvalue weighted by molar-refractivity contribution is -0.113. The third-order valence-electron chi connectivity index (χ3n) is 4.14. The third kappa shape index (κ3) is 4.46. The van der Waals surface area contributed by atoms with Gasteiger partial charge in [-0.05, 0) is 67.8 Å². The van der Waals surface area contributed by atoms with Crippen LogP contribution in [-0.2, 0) is 4.79 Å². The van der Waals surface area contributed by atoms with E-state index in [9.17, 15) is 4.79 Å². The average molecular weight is 361 g/mol. The number of nitrogens with one attached hydrogen (secondary N) is 1. The molecule has 1 aliphatic heterocycles. The van der Waals surface area contributed by atoms with Gasteiger partial charge < -0.3 is 10.2 Å². The number of carbonyl (C=O) groups is 1. The topological polar surface area (TPSA) is 32.3 Å². The molecule has 3 rings (SSSR count). The second kappa shape index (κ2) is 7.95. The summed E-state index contributed by atoms with van der Waals surface area (Å²) < 4.78 is 0. The van der Waals surface area contributed by atoms with E-state index in [0.29, 0.717) is 10.8 Å². The molecule has 0 unspecified atom stereocenters. The van der Waals surface area contributed by atoms with Crippen LogP contribution in [0.3, 0.4) is 0 Å². The van der Waals surface area contributed by atoms with E-state index in [0.717, 1.165) is 29.2 Å². The summed E-state index contributed by atoms with van der Waals surface area (Å²) in [6, 6.07) is 13.8. The highest BCUT2D eigenvalue weighted by Gasteiger charge is 2.13. The Kier molecular flexibility index (Phi) is 5.69. The van der Waals surface area contributed by atoms with Crippen LogP contribution in [0.5, 0.6) is 0 Å². The Morgan fingerprint density at radius 2 is 1.88 bits per heavy atom. The fourth-order valence-corrected chi connectivity index (χ4v) is 3.65. The molecule has 3 nitrogen and oxygen atoms in total. The van der Waals surface area contributed by atoms with Crippen LogP contribution in [0.1, 0.15) is 18.4 Å². The van der Waals surface area contributed by atoms with E-state index in [2.05, 4.69) is 22.3 Å². The van der Waals surface area contributed by atoms with E-state index in [1.165, 1.54) is 30.3 Å². The summed E-state index contributed by atoms with van der Waals surface area (Å²) in [6.07, 6.45) is 2.53. The van der Waals surface area contributed by atoms with Crippen LogP contribution in [0.25, 0.3) is 0 Å². The van der Waals surface area contributed by atoms with Crippen LogP contribution in [0.2, 0.25) is 5.02 Å². The van der Waals surface area contributed by atoms with Crippen molar-refractivity contribution in [2.75, 3.05) is 29.1 Å². The van der Waals surface area contributed by atoms with Crippen molar-refractivity contribution in [1.82, 2.24) is 0 Å². The molecule has 2 aromatic carbocycles. The van der Waals surface area contributed by atoms with Gasteiger partial charge in [-0.2, -0.15) is 0 Å². The Hall–Kier alpha value is -1.65. The van der Waals surface area contributed by atoms with Gasteiger partial charge in [0.05, 0.1) is 5.75 Å². The first-order valence-corrected chi connectivity index (χ1v) is 9.52. The Morgan fingerprint density at radius 3 is 2.54 bits per heavy atom. The molecule has 0 spiro atoms. The van der Waals surface area contributed by atoms with Crippen molar-refractivity contribution in [2.24, 2.45) is 0 Å². The second-order valence-corrected chi connectivity index (χ2v) is 7.47. The lowest BCUT2D eigenvalue weighted by atomic mass is 10.1. The van der Waals surface area contributed by atoms with Crippen molar-refractivity contribution in [3.63, 3.8) is 0 Å². The van der Waals surface area contributed by atoms with E-state index < -0.39 is 0 Å². The number of benzene rings is 2. The largest absolute Gasteiger partial charge is 0.372 e. The maximum Gasteiger partial charge on any atom is 0.234 e. The molecule has 1 aliphatic rings. The Balaban J connectivity index is 1.56. The van der Waals surface area contributed by atoms with E-state index in [1.807, 2.05) is 37.3 Å². The highest BCUT2D eigenvalue weighted by Crippen LogP contribution is 2.26. The van der Waals surface area contributed by atoms with Gasteiger partial charge >= 0.3 is 0 Å². The van der Waals surface area contributed by atoms with Crippen LogP contribution < -0.4 is 10.2 Å². The molecule has 5 heteroatoms. The second-order valence-electron chi connectivity index (χ2n) is 5.98. The molecule has 1 heterocycles. The molecular weight excluding hydrogens is 340 g/mol. The number of hydrogen-bond acceptors (Lipinski definition) is 3. The van der Waals surface area contributed by atoms with E-state index in [4.69, 9.17) is 11.6 Å². The summed E-state index contributed by atoms with van der Waals surface area (Å²) in [7, 11) is 0. The van der Waals surface area contributed by atoms with Crippen molar-refractivity contribution in [3.8, 4) is 0 Å². The van der Waals surface area contributed by atoms with Crippen molar-refractivity contribution < 1.29 is 4.79 Å². The third-order valence-corrected chi connectivity index (χ3v) is 5.40. The first-order chi connectivity index (χ1) is 11.6. The molecule has 1 saturated heterocycles. The number of rotatable bonds is 5. The number of carbonyl (C=O) groups excluding carboxylic acids is 1. The number of hydrogen-bond donors (Lipinski definition) is 1. The normalized spacial score (nSPS) is 14.0. The first kappa shape index (κ1) is 17.2. The molecule has 0 aliphatic carbocycles. The zero-order chi connectivity index (χ0) is 16.9. The highest BCUT2D eigenvalue weighted by molar-refractivity contribution is 8.00.